The third kappa shape index (κ3) is 1.97. The van der Waals surface area contributed by atoms with Gasteiger partial charge in [-0.3, -0.25) is 9.48 Å². The molecular formula is C14H10N2O4. The second-order valence-corrected chi connectivity index (χ2v) is 4.25. The number of aromatic nitrogens is 2. The number of benzene rings is 1. The molecule has 0 radical (unpaired) electrons. The molecule has 100 valence electrons. The fourth-order valence-electron chi connectivity index (χ4n) is 2.08. The summed E-state index contributed by atoms with van der Waals surface area (Å²) in [6.45, 7) is 0.148. The Morgan fingerprint density at radius 3 is 2.90 bits per heavy atom. The lowest BCUT2D eigenvalue weighted by molar-refractivity contribution is 0.0694. The maximum Gasteiger partial charge on any atom is 0.339 e. The summed E-state index contributed by atoms with van der Waals surface area (Å²) >= 11 is 0. The Hall–Kier alpha value is -2.89. The summed E-state index contributed by atoms with van der Waals surface area (Å²) in [6.07, 6.45) is 2.54. The Balaban J connectivity index is 2.12. The fraction of sp³-hybridized carbons (Fsp3) is 0.0714. The molecule has 2 heterocycles. The van der Waals surface area contributed by atoms with Crippen LogP contribution in [0.2, 0.25) is 0 Å². The molecular weight excluding hydrogens is 260 g/mol. The van der Waals surface area contributed by atoms with E-state index in [0.29, 0.717) is 16.7 Å². The first-order valence-electron chi connectivity index (χ1n) is 5.91. The summed E-state index contributed by atoms with van der Waals surface area (Å²) in [6, 6.07) is 8.41. The van der Waals surface area contributed by atoms with Gasteiger partial charge in [-0.1, -0.05) is 12.1 Å². The van der Waals surface area contributed by atoms with Crippen molar-refractivity contribution in [2.45, 2.75) is 6.54 Å². The van der Waals surface area contributed by atoms with Crippen molar-refractivity contribution in [2.24, 2.45) is 0 Å². The molecule has 3 rings (SSSR count). The zero-order valence-electron chi connectivity index (χ0n) is 10.3. The van der Waals surface area contributed by atoms with Crippen LogP contribution in [0, 0.1) is 0 Å². The van der Waals surface area contributed by atoms with Gasteiger partial charge in [0.1, 0.15) is 17.9 Å². The molecule has 2 aromatic heterocycles. The number of carboxylic acids is 1. The standard InChI is InChI=1S/C14H10N2O4/c17-12-7-15-16(11-4-2-1-3-9(11)12)8-13-10(14(18)19)5-6-20-13/h1-7H,8H2,(H,18,19). The van der Waals surface area contributed by atoms with Crippen molar-refractivity contribution in [3.05, 3.63) is 64.3 Å². The van der Waals surface area contributed by atoms with Crippen LogP contribution in [0.3, 0.4) is 0 Å². The van der Waals surface area contributed by atoms with Gasteiger partial charge in [0.2, 0.25) is 5.43 Å². The number of nitrogens with zero attached hydrogens (tertiary/aromatic N) is 2. The quantitative estimate of drug-likeness (QED) is 0.783. The van der Waals surface area contributed by atoms with Crippen LogP contribution < -0.4 is 5.43 Å². The molecule has 1 aromatic carbocycles. The van der Waals surface area contributed by atoms with Gasteiger partial charge in [0.25, 0.3) is 0 Å². The molecule has 0 aliphatic heterocycles. The summed E-state index contributed by atoms with van der Waals surface area (Å²) < 4.78 is 6.73. The molecule has 0 atom stereocenters. The van der Waals surface area contributed by atoms with Gasteiger partial charge in [-0.2, -0.15) is 5.10 Å². The van der Waals surface area contributed by atoms with Crippen molar-refractivity contribution in [1.29, 1.82) is 0 Å². The molecule has 0 saturated heterocycles. The van der Waals surface area contributed by atoms with Crippen LogP contribution in [0.25, 0.3) is 10.9 Å². The Kier molecular flexibility index (Phi) is 2.83. The first kappa shape index (κ1) is 12.2. The van der Waals surface area contributed by atoms with E-state index in [1.807, 2.05) is 0 Å². The van der Waals surface area contributed by atoms with Crippen LogP contribution in [0.4, 0.5) is 0 Å². The third-order valence-electron chi connectivity index (χ3n) is 3.03. The molecule has 0 unspecified atom stereocenters. The van der Waals surface area contributed by atoms with Crippen LogP contribution in [0.5, 0.6) is 0 Å². The number of carbonyl (C=O) groups is 1. The SMILES string of the molecule is O=C(O)c1ccoc1Cn1ncc(=O)c2ccccc21. The van der Waals surface area contributed by atoms with Crippen LogP contribution in [0.15, 0.2) is 52.0 Å². The predicted molar refractivity (Wildman–Crippen MR) is 70.8 cm³/mol. The molecule has 0 aliphatic carbocycles. The average molecular weight is 270 g/mol. The fourth-order valence-corrected chi connectivity index (χ4v) is 2.08. The lowest BCUT2D eigenvalue weighted by atomic mass is 10.2. The number of rotatable bonds is 3. The number of hydrogen-bond acceptors (Lipinski definition) is 4. The van der Waals surface area contributed by atoms with E-state index < -0.39 is 5.97 Å². The lowest BCUT2D eigenvalue weighted by Gasteiger charge is -2.07. The highest BCUT2D eigenvalue weighted by Crippen LogP contribution is 2.15. The molecule has 0 saturated carbocycles. The highest BCUT2D eigenvalue weighted by atomic mass is 16.4. The first-order valence-corrected chi connectivity index (χ1v) is 5.91. The molecule has 1 N–H and O–H groups in total. The molecule has 6 heteroatoms. The molecule has 3 aromatic rings. The maximum atomic E-state index is 11.7. The molecule has 0 amide bonds. The highest BCUT2D eigenvalue weighted by molar-refractivity contribution is 5.88. The summed E-state index contributed by atoms with van der Waals surface area (Å²) in [5.74, 6) is -0.766. The minimum atomic E-state index is -1.06. The number of aromatic carboxylic acids is 1. The Bertz CT molecular complexity index is 848. The molecule has 0 aliphatic rings. The van der Waals surface area contributed by atoms with E-state index in [0.717, 1.165) is 0 Å². The summed E-state index contributed by atoms with van der Waals surface area (Å²) in [4.78, 5) is 22.8. The number of furan rings is 1. The number of carboxylic acid groups (broad SMARTS) is 1. The number of hydrogen-bond donors (Lipinski definition) is 1. The van der Waals surface area contributed by atoms with Crippen molar-refractivity contribution < 1.29 is 14.3 Å². The molecule has 6 nitrogen and oxygen atoms in total. The number of fused-ring (bicyclic) bond motifs is 1. The Morgan fingerprint density at radius 2 is 2.10 bits per heavy atom. The van der Waals surface area contributed by atoms with Gasteiger partial charge in [-0.15, -0.1) is 0 Å². The zero-order chi connectivity index (χ0) is 14.1. The van der Waals surface area contributed by atoms with E-state index in [1.54, 1.807) is 28.9 Å². The van der Waals surface area contributed by atoms with Crippen molar-refractivity contribution in [2.75, 3.05) is 0 Å². The normalized spacial score (nSPS) is 10.8. The van der Waals surface area contributed by atoms with Crippen LogP contribution in [0.1, 0.15) is 16.1 Å². The van der Waals surface area contributed by atoms with Gasteiger partial charge in [-0.25, -0.2) is 4.79 Å². The minimum absolute atomic E-state index is 0.0922. The van der Waals surface area contributed by atoms with Gasteiger partial charge in [-0.05, 0) is 18.2 Å². The van der Waals surface area contributed by atoms with Gasteiger partial charge in [0.05, 0.1) is 18.0 Å². The zero-order valence-corrected chi connectivity index (χ0v) is 10.3. The van der Waals surface area contributed by atoms with E-state index >= 15 is 0 Å². The predicted octanol–water partition coefficient (Wildman–Crippen LogP) is 1.74. The van der Waals surface area contributed by atoms with Crippen molar-refractivity contribution in [3.63, 3.8) is 0 Å². The second-order valence-electron chi connectivity index (χ2n) is 4.25. The topological polar surface area (TPSA) is 85.3 Å². The molecule has 0 fully saturated rings. The maximum absolute atomic E-state index is 11.7. The summed E-state index contributed by atoms with van der Waals surface area (Å²) in [5, 5.41) is 13.6. The smallest absolute Gasteiger partial charge is 0.339 e. The molecule has 20 heavy (non-hydrogen) atoms. The van der Waals surface area contributed by atoms with Crippen molar-refractivity contribution in [3.8, 4) is 0 Å². The van der Waals surface area contributed by atoms with Gasteiger partial charge >= 0.3 is 5.97 Å². The summed E-state index contributed by atoms with van der Waals surface area (Å²) in [5.41, 5.74) is 0.553. The highest BCUT2D eigenvalue weighted by Gasteiger charge is 2.14. The van der Waals surface area contributed by atoms with Gasteiger partial charge in [0, 0.05) is 5.39 Å². The van der Waals surface area contributed by atoms with Crippen molar-refractivity contribution in [1.82, 2.24) is 9.78 Å². The minimum Gasteiger partial charge on any atom is -0.478 e. The third-order valence-corrected chi connectivity index (χ3v) is 3.03. The van der Waals surface area contributed by atoms with Gasteiger partial charge in [0.15, 0.2) is 0 Å². The molecule has 0 bridgehead atoms. The van der Waals surface area contributed by atoms with Crippen molar-refractivity contribution >= 4 is 16.9 Å². The lowest BCUT2D eigenvalue weighted by Crippen LogP contribution is -2.14. The van der Waals surface area contributed by atoms with Crippen LogP contribution in [-0.2, 0) is 6.54 Å². The number of para-hydroxylation sites is 1. The van der Waals surface area contributed by atoms with E-state index in [9.17, 15) is 9.59 Å². The Labute approximate surface area is 112 Å². The van der Waals surface area contributed by atoms with Crippen LogP contribution >= 0.6 is 0 Å². The van der Waals surface area contributed by atoms with Gasteiger partial charge < -0.3 is 9.52 Å². The van der Waals surface area contributed by atoms with Crippen LogP contribution in [-0.4, -0.2) is 20.9 Å². The monoisotopic (exact) mass is 270 g/mol. The molecule has 0 spiro atoms. The summed E-state index contributed by atoms with van der Waals surface area (Å²) in [7, 11) is 0. The van der Waals surface area contributed by atoms with E-state index in [2.05, 4.69) is 5.10 Å². The van der Waals surface area contributed by atoms with E-state index in [4.69, 9.17) is 9.52 Å². The largest absolute Gasteiger partial charge is 0.478 e. The van der Waals surface area contributed by atoms with E-state index in [-0.39, 0.29) is 17.5 Å². The Morgan fingerprint density at radius 1 is 1.30 bits per heavy atom. The second kappa shape index (κ2) is 4.65. The first-order chi connectivity index (χ1) is 9.66. The van der Waals surface area contributed by atoms with E-state index in [1.165, 1.54) is 18.5 Å². The average Bonchev–Trinajstić information content (AvgIpc) is 2.91.